The second-order valence-electron chi connectivity index (χ2n) is 5.23. The Morgan fingerprint density at radius 1 is 1.18 bits per heavy atom. The van der Waals surface area contributed by atoms with E-state index in [4.69, 9.17) is 0 Å². The van der Waals surface area contributed by atoms with Gasteiger partial charge in [0.05, 0.1) is 15.5 Å². The number of halogens is 1. The van der Waals surface area contributed by atoms with Crippen molar-refractivity contribution in [3.63, 3.8) is 0 Å². The van der Waals surface area contributed by atoms with Crippen LogP contribution in [0.4, 0.5) is 5.95 Å². The monoisotopic (exact) mass is 404 g/mol. The van der Waals surface area contributed by atoms with Crippen molar-refractivity contribution >= 4 is 39.6 Å². The molecule has 22 heavy (non-hydrogen) atoms. The second kappa shape index (κ2) is 5.35. The minimum Gasteiger partial charge on any atom is -0.354 e. The summed E-state index contributed by atoms with van der Waals surface area (Å²) in [7, 11) is 0. The van der Waals surface area contributed by atoms with E-state index in [0.29, 0.717) is 15.4 Å². The number of benzene rings is 1. The minimum atomic E-state index is -0.284. The van der Waals surface area contributed by atoms with E-state index in [1.54, 1.807) is 6.20 Å². The maximum atomic E-state index is 12.1. The zero-order valence-electron chi connectivity index (χ0n) is 11.6. The van der Waals surface area contributed by atoms with Crippen LogP contribution in [0, 0.1) is 0 Å². The lowest BCUT2D eigenvalue weighted by atomic mass is 10.0. The molecule has 0 bridgehead atoms. The summed E-state index contributed by atoms with van der Waals surface area (Å²) in [5.74, 6) is 0.618. The van der Waals surface area contributed by atoms with Crippen molar-refractivity contribution in [3.8, 4) is 0 Å². The molecule has 4 rings (SSSR count). The van der Waals surface area contributed by atoms with Gasteiger partial charge in [0, 0.05) is 12.7 Å². The molecule has 2 unspecified atom stereocenters. The van der Waals surface area contributed by atoms with Crippen molar-refractivity contribution in [3.05, 3.63) is 64.6 Å². The Balaban J connectivity index is 2.05. The largest absolute Gasteiger partial charge is 0.354 e. The molecule has 1 N–H and O–H groups in total. The number of fused-ring (bicyclic) bond motifs is 3. The van der Waals surface area contributed by atoms with Crippen LogP contribution in [0.3, 0.4) is 0 Å². The predicted octanol–water partition coefficient (Wildman–Crippen LogP) is 2.61. The van der Waals surface area contributed by atoms with Gasteiger partial charge >= 0.3 is 5.56 Å². The molecule has 0 saturated carbocycles. The molecule has 3 aromatic rings. The van der Waals surface area contributed by atoms with Crippen molar-refractivity contribution in [2.75, 3.05) is 11.9 Å². The maximum absolute atomic E-state index is 12.1. The van der Waals surface area contributed by atoms with Crippen LogP contribution < -0.4 is 10.9 Å². The van der Waals surface area contributed by atoms with Gasteiger partial charge in [0.1, 0.15) is 0 Å². The van der Waals surface area contributed by atoms with Gasteiger partial charge in [0.2, 0.25) is 5.95 Å². The van der Waals surface area contributed by atoms with E-state index >= 15 is 0 Å². The number of nitrogens with zero attached hydrogens (tertiary/aromatic N) is 3. The molecule has 5 nitrogen and oxygen atoms in total. The number of alkyl halides is 1. The SMILES string of the molecule is O=c1nc2n(c3cccnc13)C(c1ccccc1)C(I)CN2. The van der Waals surface area contributed by atoms with Gasteiger partial charge in [0.25, 0.3) is 0 Å². The zero-order chi connectivity index (χ0) is 15.1. The first-order chi connectivity index (χ1) is 10.8. The highest BCUT2D eigenvalue weighted by molar-refractivity contribution is 14.1. The molecule has 110 valence electrons. The zero-order valence-corrected chi connectivity index (χ0v) is 13.8. The first-order valence-corrected chi connectivity index (χ1v) is 8.30. The first-order valence-electron chi connectivity index (χ1n) is 7.06. The Morgan fingerprint density at radius 3 is 2.82 bits per heavy atom. The Morgan fingerprint density at radius 2 is 2.00 bits per heavy atom. The van der Waals surface area contributed by atoms with Crippen molar-refractivity contribution in [1.29, 1.82) is 0 Å². The van der Waals surface area contributed by atoms with Gasteiger partial charge in [-0.15, -0.1) is 0 Å². The van der Waals surface area contributed by atoms with Gasteiger partial charge in [0.15, 0.2) is 5.52 Å². The number of hydrogen-bond donors (Lipinski definition) is 1. The van der Waals surface area contributed by atoms with Crippen LogP contribution >= 0.6 is 22.6 Å². The van der Waals surface area contributed by atoms with Crippen molar-refractivity contribution in [2.45, 2.75) is 9.97 Å². The van der Waals surface area contributed by atoms with Gasteiger partial charge < -0.3 is 9.88 Å². The Kier molecular flexibility index (Phi) is 3.33. The number of nitrogens with one attached hydrogen (secondary N) is 1. The summed E-state index contributed by atoms with van der Waals surface area (Å²) in [5, 5.41) is 3.26. The molecule has 0 radical (unpaired) electrons. The van der Waals surface area contributed by atoms with Gasteiger partial charge in [-0.2, -0.15) is 4.98 Å². The van der Waals surface area contributed by atoms with E-state index < -0.39 is 0 Å². The van der Waals surface area contributed by atoms with E-state index in [2.05, 4.69) is 54.6 Å². The smallest absolute Gasteiger partial charge is 0.300 e. The fraction of sp³-hybridized carbons (Fsp3) is 0.188. The van der Waals surface area contributed by atoms with E-state index in [0.717, 1.165) is 12.1 Å². The summed E-state index contributed by atoms with van der Waals surface area (Å²) in [6, 6.07) is 14.2. The highest BCUT2D eigenvalue weighted by Gasteiger charge is 2.30. The lowest BCUT2D eigenvalue weighted by Crippen LogP contribution is -2.37. The molecule has 6 heteroatoms. The van der Waals surface area contributed by atoms with Gasteiger partial charge in [-0.3, -0.25) is 4.79 Å². The highest BCUT2D eigenvalue weighted by atomic mass is 127. The standard InChI is InChI=1S/C16H13IN4O/c17-11-9-19-16-20-15(22)13-12(7-4-8-18-13)21(16)14(11)10-5-2-1-3-6-10/h1-8,11,14H,9H2,(H,19,20,22). The number of rotatable bonds is 1. The minimum absolute atomic E-state index is 0.123. The molecule has 1 aliphatic heterocycles. The lowest BCUT2D eigenvalue weighted by Gasteiger charge is -2.34. The highest BCUT2D eigenvalue weighted by Crippen LogP contribution is 2.35. The van der Waals surface area contributed by atoms with Gasteiger partial charge in [-0.1, -0.05) is 52.9 Å². The quantitative estimate of drug-likeness (QED) is 0.501. The molecule has 0 aliphatic carbocycles. The van der Waals surface area contributed by atoms with E-state index in [1.165, 1.54) is 5.56 Å². The normalized spacial score (nSPS) is 20.4. The van der Waals surface area contributed by atoms with Crippen LogP contribution in [-0.4, -0.2) is 25.0 Å². The summed E-state index contributed by atoms with van der Waals surface area (Å²) < 4.78 is 2.44. The Bertz CT molecular complexity index is 894. The summed E-state index contributed by atoms with van der Waals surface area (Å²) >= 11 is 2.45. The fourth-order valence-corrected chi connectivity index (χ4v) is 3.91. The van der Waals surface area contributed by atoms with Crippen LogP contribution in [-0.2, 0) is 0 Å². The van der Waals surface area contributed by atoms with Gasteiger partial charge in [-0.05, 0) is 17.7 Å². The number of anilines is 1. The molecule has 3 heterocycles. The molecule has 1 aromatic carbocycles. The molecular weight excluding hydrogens is 391 g/mol. The number of hydrogen-bond acceptors (Lipinski definition) is 4. The summed E-state index contributed by atoms with van der Waals surface area (Å²) in [5.41, 5.74) is 2.16. The van der Waals surface area contributed by atoms with E-state index in [1.807, 2.05) is 30.3 Å². The van der Waals surface area contributed by atoms with E-state index in [9.17, 15) is 4.79 Å². The average molecular weight is 404 g/mol. The van der Waals surface area contributed by atoms with E-state index in [-0.39, 0.29) is 11.6 Å². The van der Waals surface area contributed by atoms with Crippen molar-refractivity contribution < 1.29 is 0 Å². The summed E-state index contributed by atoms with van der Waals surface area (Å²) in [6.07, 6.45) is 1.63. The maximum Gasteiger partial charge on any atom is 0.300 e. The van der Waals surface area contributed by atoms with Crippen LogP contribution in [0.25, 0.3) is 11.0 Å². The lowest BCUT2D eigenvalue weighted by molar-refractivity contribution is 0.561. The third-order valence-corrected chi connectivity index (χ3v) is 5.02. The van der Waals surface area contributed by atoms with Gasteiger partial charge in [-0.25, -0.2) is 4.98 Å². The van der Waals surface area contributed by atoms with Crippen LogP contribution in [0.2, 0.25) is 0 Å². The second-order valence-corrected chi connectivity index (χ2v) is 6.83. The predicted molar refractivity (Wildman–Crippen MR) is 94.7 cm³/mol. The summed E-state index contributed by atoms with van der Waals surface area (Å²) in [6.45, 7) is 0.776. The molecule has 0 fully saturated rings. The molecule has 0 saturated heterocycles. The van der Waals surface area contributed by atoms with Crippen LogP contribution in [0.15, 0.2) is 53.5 Å². The molecule has 2 aromatic heterocycles. The van der Waals surface area contributed by atoms with Crippen LogP contribution in [0.5, 0.6) is 0 Å². The summed E-state index contributed by atoms with van der Waals surface area (Å²) in [4.78, 5) is 20.5. The average Bonchev–Trinajstić information content (AvgIpc) is 2.56. The number of aromatic nitrogens is 3. The fourth-order valence-electron chi connectivity index (χ4n) is 2.95. The molecule has 2 atom stereocenters. The topological polar surface area (TPSA) is 59.8 Å². The Labute approximate surface area is 140 Å². The van der Waals surface area contributed by atoms with Crippen LogP contribution in [0.1, 0.15) is 11.6 Å². The molecule has 1 aliphatic rings. The van der Waals surface area contributed by atoms with Crippen molar-refractivity contribution in [1.82, 2.24) is 14.5 Å². The first kappa shape index (κ1) is 13.7. The third kappa shape index (κ3) is 2.09. The number of pyridine rings is 1. The molecule has 0 spiro atoms. The van der Waals surface area contributed by atoms with Crippen molar-refractivity contribution in [2.24, 2.45) is 0 Å². The Hall–Kier alpha value is -1.96. The molecule has 0 amide bonds. The third-order valence-electron chi connectivity index (χ3n) is 3.90. The molecular formula is C16H13IN4O.